The molecule has 0 saturated heterocycles. The molecule has 0 heterocycles. The average molecular weight is 242 g/mol. The minimum absolute atomic E-state index is 0.00539. The number of rotatable bonds is 10. The van der Waals surface area contributed by atoms with Gasteiger partial charge in [0.15, 0.2) is 0 Å². The highest BCUT2D eigenvalue weighted by molar-refractivity contribution is 4.26. The SMILES string of the molecule is COCCOCCO.OCCOCCOO. The predicted molar refractivity (Wildman–Crippen MR) is 56.3 cm³/mol. The van der Waals surface area contributed by atoms with E-state index in [1.807, 2.05) is 0 Å². The second kappa shape index (κ2) is 20.2. The Labute approximate surface area is 95.4 Å². The van der Waals surface area contributed by atoms with Crippen molar-refractivity contribution >= 4 is 0 Å². The van der Waals surface area contributed by atoms with Crippen molar-refractivity contribution in [2.45, 2.75) is 0 Å². The van der Waals surface area contributed by atoms with Crippen molar-refractivity contribution in [2.75, 3.05) is 60.0 Å². The molecular weight excluding hydrogens is 220 g/mol. The van der Waals surface area contributed by atoms with E-state index >= 15 is 0 Å². The molecule has 100 valence electrons. The molecule has 0 aliphatic rings. The highest BCUT2D eigenvalue weighted by Gasteiger charge is 1.83. The van der Waals surface area contributed by atoms with Gasteiger partial charge in [-0.2, -0.15) is 0 Å². The van der Waals surface area contributed by atoms with Crippen molar-refractivity contribution in [2.24, 2.45) is 0 Å². The largest absolute Gasteiger partial charge is 0.394 e. The third-order valence-corrected chi connectivity index (χ3v) is 1.22. The van der Waals surface area contributed by atoms with Crippen molar-refractivity contribution in [3.8, 4) is 0 Å². The van der Waals surface area contributed by atoms with Crippen molar-refractivity contribution in [1.29, 1.82) is 0 Å². The van der Waals surface area contributed by atoms with E-state index in [0.717, 1.165) is 0 Å². The highest BCUT2D eigenvalue weighted by Crippen LogP contribution is 1.73. The Balaban J connectivity index is 0. The van der Waals surface area contributed by atoms with Gasteiger partial charge in [-0.15, -0.1) is 0 Å². The molecule has 0 spiro atoms. The fraction of sp³-hybridized carbons (Fsp3) is 1.00. The summed E-state index contributed by atoms with van der Waals surface area (Å²) in [6.07, 6.45) is 0. The second-order valence-corrected chi connectivity index (χ2v) is 2.50. The Morgan fingerprint density at radius 1 is 0.750 bits per heavy atom. The monoisotopic (exact) mass is 242 g/mol. The molecule has 0 saturated carbocycles. The molecule has 0 unspecified atom stereocenters. The summed E-state index contributed by atoms with van der Waals surface area (Å²) >= 11 is 0. The lowest BCUT2D eigenvalue weighted by atomic mass is 10.7. The maximum atomic E-state index is 8.20. The third-order valence-electron chi connectivity index (χ3n) is 1.22. The Kier molecular flexibility index (Phi) is 22.8. The summed E-state index contributed by atoms with van der Waals surface area (Å²) in [4.78, 5) is 3.68. The molecule has 0 fully saturated rings. The highest BCUT2D eigenvalue weighted by atomic mass is 17.1. The average Bonchev–Trinajstić information content (AvgIpc) is 2.31. The van der Waals surface area contributed by atoms with E-state index in [2.05, 4.69) is 14.4 Å². The van der Waals surface area contributed by atoms with Crippen LogP contribution in [-0.2, 0) is 19.1 Å². The van der Waals surface area contributed by atoms with Gasteiger partial charge in [0.05, 0.1) is 46.2 Å². The minimum Gasteiger partial charge on any atom is -0.394 e. The summed E-state index contributed by atoms with van der Waals surface area (Å²) in [6.45, 7) is 2.43. The Bertz CT molecular complexity index is 77.9. The molecule has 0 radical (unpaired) electrons. The molecule has 0 atom stereocenters. The minimum atomic E-state index is 0.00539. The number of aliphatic hydroxyl groups is 2. The van der Waals surface area contributed by atoms with Gasteiger partial charge in [0.2, 0.25) is 0 Å². The van der Waals surface area contributed by atoms with Crippen LogP contribution >= 0.6 is 0 Å². The fourth-order valence-corrected chi connectivity index (χ4v) is 0.572. The molecule has 0 bridgehead atoms. The number of hydrogen-bond acceptors (Lipinski definition) is 7. The van der Waals surface area contributed by atoms with E-state index in [1.54, 1.807) is 7.11 Å². The summed E-state index contributed by atoms with van der Waals surface area (Å²) in [5.74, 6) is 0. The number of aliphatic hydroxyl groups excluding tert-OH is 2. The van der Waals surface area contributed by atoms with Crippen molar-refractivity contribution in [3.05, 3.63) is 0 Å². The van der Waals surface area contributed by atoms with E-state index in [9.17, 15) is 0 Å². The fourth-order valence-electron chi connectivity index (χ4n) is 0.572. The van der Waals surface area contributed by atoms with Crippen LogP contribution in [0.15, 0.2) is 0 Å². The van der Waals surface area contributed by atoms with E-state index in [-0.39, 0.29) is 19.8 Å². The lowest BCUT2D eigenvalue weighted by Crippen LogP contribution is -2.05. The zero-order valence-corrected chi connectivity index (χ0v) is 9.63. The summed E-state index contributed by atoms with van der Waals surface area (Å²) in [6, 6.07) is 0. The van der Waals surface area contributed by atoms with Gasteiger partial charge in [0, 0.05) is 7.11 Å². The van der Waals surface area contributed by atoms with E-state index < -0.39 is 0 Å². The van der Waals surface area contributed by atoms with Crippen LogP contribution in [0.5, 0.6) is 0 Å². The van der Waals surface area contributed by atoms with Gasteiger partial charge in [-0.3, -0.25) is 5.26 Å². The maximum Gasteiger partial charge on any atom is 0.105 e. The van der Waals surface area contributed by atoms with Crippen LogP contribution in [0.3, 0.4) is 0 Å². The number of hydrogen-bond donors (Lipinski definition) is 3. The molecule has 0 aliphatic carbocycles. The van der Waals surface area contributed by atoms with Gasteiger partial charge in [-0.1, -0.05) is 0 Å². The number of methoxy groups -OCH3 is 1. The zero-order chi connectivity index (χ0) is 12.5. The van der Waals surface area contributed by atoms with E-state index in [0.29, 0.717) is 33.0 Å². The quantitative estimate of drug-likeness (QED) is 0.260. The van der Waals surface area contributed by atoms with Crippen LogP contribution in [0.1, 0.15) is 0 Å². The predicted octanol–water partition coefficient (Wildman–Crippen LogP) is -0.873. The van der Waals surface area contributed by atoms with Crippen molar-refractivity contribution in [3.63, 3.8) is 0 Å². The summed E-state index contributed by atoms with van der Waals surface area (Å²) in [7, 11) is 1.61. The van der Waals surface area contributed by atoms with Gasteiger partial charge in [0.1, 0.15) is 6.61 Å². The molecule has 0 aromatic rings. The summed E-state index contributed by atoms with van der Waals surface area (Å²) in [5.41, 5.74) is 0. The Morgan fingerprint density at radius 3 is 1.62 bits per heavy atom. The first-order chi connectivity index (χ1) is 7.83. The van der Waals surface area contributed by atoms with Gasteiger partial charge in [-0.25, -0.2) is 4.89 Å². The topological polar surface area (TPSA) is 97.6 Å². The van der Waals surface area contributed by atoms with Crippen LogP contribution in [0.25, 0.3) is 0 Å². The van der Waals surface area contributed by atoms with E-state index in [1.165, 1.54) is 0 Å². The third kappa shape index (κ3) is 23.5. The molecule has 3 N–H and O–H groups in total. The van der Waals surface area contributed by atoms with Crippen LogP contribution < -0.4 is 0 Å². The molecule has 16 heavy (non-hydrogen) atoms. The van der Waals surface area contributed by atoms with Gasteiger partial charge >= 0.3 is 0 Å². The summed E-state index contributed by atoms with van der Waals surface area (Å²) in [5, 5.41) is 24.1. The van der Waals surface area contributed by atoms with Crippen LogP contribution in [0.4, 0.5) is 0 Å². The van der Waals surface area contributed by atoms with Crippen LogP contribution in [0.2, 0.25) is 0 Å². The second-order valence-electron chi connectivity index (χ2n) is 2.50. The molecule has 0 aromatic carbocycles. The summed E-state index contributed by atoms with van der Waals surface area (Å²) < 4.78 is 14.2. The zero-order valence-electron chi connectivity index (χ0n) is 9.63. The van der Waals surface area contributed by atoms with Gasteiger partial charge < -0.3 is 24.4 Å². The van der Waals surface area contributed by atoms with Crippen LogP contribution in [0, 0.1) is 0 Å². The molecule has 7 nitrogen and oxygen atoms in total. The molecule has 0 rings (SSSR count). The molecule has 0 aromatic heterocycles. The first-order valence-corrected chi connectivity index (χ1v) is 4.96. The molecular formula is C9H22O7. The molecule has 0 amide bonds. The molecule has 7 heteroatoms. The standard InChI is InChI=1S/C5H12O3.C4H10O4/c1-7-4-5-8-3-2-6;5-1-2-7-3-4-8-6/h6H,2-5H2,1H3;5-6H,1-4H2. The first-order valence-electron chi connectivity index (χ1n) is 4.96. The number of ether oxygens (including phenoxy) is 3. The van der Waals surface area contributed by atoms with Gasteiger partial charge in [0.25, 0.3) is 0 Å². The van der Waals surface area contributed by atoms with Crippen molar-refractivity contribution in [1.82, 2.24) is 0 Å². The molecule has 0 aliphatic heterocycles. The maximum absolute atomic E-state index is 8.20. The van der Waals surface area contributed by atoms with Crippen LogP contribution in [-0.4, -0.2) is 75.4 Å². The lowest BCUT2D eigenvalue weighted by Gasteiger charge is -1.98. The van der Waals surface area contributed by atoms with E-state index in [4.69, 9.17) is 20.2 Å². The smallest absolute Gasteiger partial charge is 0.105 e. The van der Waals surface area contributed by atoms with Crippen molar-refractivity contribution < 1.29 is 34.6 Å². The lowest BCUT2D eigenvalue weighted by molar-refractivity contribution is -0.249. The first kappa shape index (κ1) is 18.1. The Morgan fingerprint density at radius 2 is 1.25 bits per heavy atom. The normalized spacial score (nSPS) is 9.75. The van der Waals surface area contributed by atoms with Gasteiger partial charge in [-0.05, 0) is 0 Å². The Hall–Kier alpha value is -0.280.